The summed E-state index contributed by atoms with van der Waals surface area (Å²) in [4.78, 5) is 37.9. The molecule has 0 aliphatic carbocycles. The standard InChI is InChI=1S/C56H100O6/c1-4-7-10-13-16-19-22-24-25-26-27-28-29-30-31-32-35-37-40-43-46-49-55(58)61-52-53(51-60-54(57)48-45-42-39-36-33-21-18-15-12-9-6-3)62-56(59)50-47-44-41-38-34-23-20-17-14-11-8-5-2/h15,17-18,20,22,24,26-27,53H,4-14,16,19,21,23,25,28-52H2,1-3H3/b18-15-,20-17-,24-22-,27-26-. The van der Waals surface area contributed by atoms with Gasteiger partial charge in [0.15, 0.2) is 6.10 Å². The second-order valence-corrected chi connectivity index (χ2v) is 17.8. The van der Waals surface area contributed by atoms with Gasteiger partial charge in [-0.1, -0.05) is 204 Å². The van der Waals surface area contributed by atoms with Crippen molar-refractivity contribution in [3.05, 3.63) is 48.6 Å². The SMILES string of the molecule is CCCC/C=C\CCCCCCCC(=O)OCC(COC(=O)CCCCCCCCCCC/C=C\C/C=C\CCCCCCC)OC(=O)CCCCCCC/C=C\CCCCC. The molecule has 0 aliphatic rings. The molecule has 0 fully saturated rings. The van der Waals surface area contributed by atoms with E-state index in [1.54, 1.807) is 0 Å². The topological polar surface area (TPSA) is 78.9 Å². The molecular weight excluding hydrogens is 769 g/mol. The molecule has 0 heterocycles. The third kappa shape index (κ3) is 48.4. The van der Waals surface area contributed by atoms with E-state index in [1.807, 2.05) is 0 Å². The number of allylic oxidation sites excluding steroid dienone is 8. The number of unbranched alkanes of at least 4 members (excludes halogenated alkanes) is 29. The summed E-state index contributed by atoms with van der Waals surface area (Å²) in [7, 11) is 0. The quantitative estimate of drug-likeness (QED) is 0.0262. The molecule has 0 rings (SSSR count). The summed E-state index contributed by atoms with van der Waals surface area (Å²) in [5.41, 5.74) is 0. The van der Waals surface area contributed by atoms with Crippen LogP contribution in [-0.4, -0.2) is 37.2 Å². The summed E-state index contributed by atoms with van der Waals surface area (Å²) < 4.78 is 16.8. The van der Waals surface area contributed by atoms with Crippen LogP contribution < -0.4 is 0 Å². The third-order valence-corrected chi connectivity index (χ3v) is 11.5. The van der Waals surface area contributed by atoms with Crippen LogP contribution in [0.5, 0.6) is 0 Å². The van der Waals surface area contributed by atoms with Crippen LogP contribution in [0.4, 0.5) is 0 Å². The van der Waals surface area contributed by atoms with Crippen LogP contribution in [0.3, 0.4) is 0 Å². The number of carbonyl (C=O) groups excluding carboxylic acids is 3. The first-order valence-electron chi connectivity index (χ1n) is 26.6. The number of hydrogen-bond acceptors (Lipinski definition) is 6. The van der Waals surface area contributed by atoms with E-state index in [0.717, 1.165) is 83.5 Å². The minimum Gasteiger partial charge on any atom is -0.462 e. The van der Waals surface area contributed by atoms with Crippen LogP contribution in [-0.2, 0) is 28.6 Å². The number of rotatable bonds is 48. The highest BCUT2D eigenvalue weighted by Gasteiger charge is 2.19. The Balaban J connectivity index is 4.29. The Morgan fingerprint density at radius 1 is 0.323 bits per heavy atom. The summed E-state index contributed by atoms with van der Waals surface area (Å²) in [5, 5.41) is 0. The van der Waals surface area contributed by atoms with Crippen molar-refractivity contribution in [3.63, 3.8) is 0 Å². The molecule has 1 unspecified atom stereocenters. The van der Waals surface area contributed by atoms with Crippen molar-refractivity contribution in [2.75, 3.05) is 13.2 Å². The maximum absolute atomic E-state index is 12.8. The van der Waals surface area contributed by atoms with Crippen molar-refractivity contribution in [2.24, 2.45) is 0 Å². The van der Waals surface area contributed by atoms with Crippen molar-refractivity contribution in [3.8, 4) is 0 Å². The molecule has 0 aliphatic heterocycles. The van der Waals surface area contributed by atoms with Crippen molar-refractivity contribution in [2.45, 2.75) is 277 Å². The average molecular weight is 869 g/mol. The molecule has 0 amide bonds. The number of esters is 3. The molecule has 6 nitrogen and oxygen atoms in total. The first-order chi connectivity index (χ1) is 30.5. The van der Waals surface area contributed by atoms with Gasteiger partial charge in [0, 0.05) is 19.3 Å². The number of carbonyl (C=O) groups is 3. The number of ether oxygens (including phenoxy) is 3. The first-order valence-corrected chi connectivity index (χ1v) is 26.6. The summed E-state index contributed by atoms with van der Waals surface area (Å²) in [6.07, 6.45) is 61.0. The highest BCUT2D eigenvalue weighted by atomic mass is 16.6. The Bertz CT molecular complexity index is 1090. The highest BCUT2D eigenvalue weighted by Crippen LogP contribution is 2.15. The second kappa shape index (κ2) is 51.0. The molecule has 0 spiro atoms. The zero-order valence-electron chi connectivity index (χ0n) is 41.1. The minimum atomic E-state index is -0.780. The zero-order valence-corrected chi connectivity index (χ0v) is 41.1. The fraction of sp³-hybridized carbons (Fsp3) is 0.804. The van der Waals surface area contributed by atoms with Gasteiger partial charge in [-0.15, -0.1) is 0 Å². The van der Waals surface area contributed by atoms with Crippen LogP contribution in [0.15, 0.2) is 48.6 Å². The Morgan fingerprint density at radius 3 is 0.984 bits per heavy atom. The molecule has 62 heavy (non-hydrogen) atoms. The molecule has 0 bridgehead atoms. The average Bonchev–Trinajstić information content (AvgIpc) is 3.27. The largest absolute Gasteiger partial charge is 0.462 e. The maximum atomic E-state index is 12.8. The summed E-state index contributed by atoms with van der Waals surface area (Å²) in [5.74, 6) is -0.898. The monoisotopic (exact) mass is 869 g/mol. The van der Waals surface area contributed by atoms with Gasteiger partial charge in [0.05, 0.1) is 0 Å². The Kier molecular flexibility index (Phi) is 48.8. The zero-order chi connectivity index (χ0) is 45.1. The van der Waals surface area contributed by atoms with E-state index in [9.17, 15) is 14.4 Å². The van der Waals surface area contributed by atoms with E-state index in [0.29, 0.717) is 19.3 Å². The second-order valence-electron chi connectivity index (χ2n) is 17.8. The first kappa shape index (κ1) is 59.4. The Morgan fingerprint density at radius 2 is 0.597 bits per heavy atom. The van der Waals surface area contributed by atoms with Crippen LogP contribution in [0.2, 0.25) is 0 Å². The van der Waals surface area contributed by atoms with Crippen LogP contribution in [0, 0.1) is 0 Å². The summed E-state index contributed by atoms with van der Waals surface area (Å²) in [6, 6.07) is 0. The van der Waals surface area contributed by atoms with Crippen molar-refractivity contribution in [1.29, 1.82) is 0 Å². The molecule has 1 atom stereocenters. The van der Waals surface area contributed by atoms with E-state index in [-0.39, 0.29) is 31.1 Å². The van der Waals surface area contributed by atoms with Gasteiger partial charge in [-0.25, -0.2) is 0 Å². The third-order valence-electron chi connectivity index (χ3n) is 11.5. The maximum Gasteiger partial charge on any atom is 0.306 e. The van der Waals surface area contributed by atoms with Crippen molar-refractivity contribution >= 4 is 17.9 Å². The Labute approximate surface area is 384 Å². The van der Waals surface area contributed by atoms with Gasteiger partial charge in [0.25, 0.3) is 0 Å². The molecule has 360 valence electrons. The molecule has 0 aromatic rings. The van der Waals surface area contributed by atoms with Gasteiger partial charge >= 0.3 is 17.9 Å². The molecule has 0 radical (unpaired) electrons. The van der Waals surface area contributed by atoms with E-state index >= 15 is 0 Å². The lowest BCUT2D eigenvalue weighted by molar-refractivity contribution is -0.167. The van der Waals surface area contributed by atoms with E-state index in [1.165, 1.54) is 148 Å². The molecule has 0 aromatic carbocycles. The molecule has 0 saturated carbocycles. The summed E-state index contributed by atoms with van der Waals surface area (Å²) in [6.45, 7) is 6.56. The predicted octanol–water partition coefficient (Wildman–Crippen LogP) is 17.5. The predicted molar refractivity (Wildman–Crippen MR) is 265 cm³/mol. The van der Waals surface area contributed by atoms with E-state index in [4.69, 9.17) is 14.2 Å². The fourth-order valence-electron chi connectivity index (χ4n) is 7.45. The molecular formula is C56H100O6. The van der Waals surface area contributed by atoms with Gasteiger partial charge in [-0.3, -0.25) is 14.4 Å². The van der Waals surface area contributed by atoms with Gasteiger partial charge in [-0.2, -0.15) is 0 Å². The normalized spacial score (nSPS) is 12.4. The fourth-order valence-corrected chi connectivity index (χ4v) is 7.45. The van der Waals surface area contributed by atoms with Crippen LogP contribution in [0.1, 0.15) is 271 Å². The van der Waals surface area contributed by atoms with E-state index < -0.39 is 6.10 Å². The molecule has 6 heteroatoms. The lowest BCUT2D eigenvalue weighted by Crippen LogP contribution is -2.30. The smallest absolute Gasteiger partial charge is 0.306 e. The van der Waals surface area contributed by atoms with Gasteiger partial charge in [0.2, 0.25) is 0 Å². The van der Waals surface area contributed by atoms with Gasteiger partial charge in [0.1, 0.15) is 13.2 Å². The number of hydrogen-bond donors (Lipinski definition) is 0. The highest BCUT2D eigenvalue weighted by molar-refractivity contribution is 5.71. The lowest BCUT2D eigenvalue weighted by atomic mass is 10.1. The lowest BCUT2D eigenvalue weighted by Gasteiger charge is -2.18. The summed E-state index contributed by atoms with van der Waals surface area (Å²) >= 11 is 0. The molecule has 0 saturated heterocycles. The van der Waals surface area contributed by atoms with Gasteiger partial charge in [-0.05, 0) is 96.3 Å². The molecule has 0 aromatic heterocycles. The molecule has 0 N–H and O–H groups in total. The van der Waals surface area contributed by atoms with Gasteiger partial charge < -0.3 is 14.2 Å². The van der Waals surface area contributed by atoms with Crippen LogP contribution in [0.25, 0.3) is 0 Å². The van der Waals surface area contributed by atoms with Crippen molar-refractivity contribution in [1.82, 2.24) is 0 Å². The van der Waals surface area contributed by atoms with E-state index in [2.05, 4.69) is 69.4 Å². The Hall–Kier alpha value is -2.63. The minimum absolute atomic E-state index is 0.0806. The van der Waals surface area contributed by atoms with Crippen molar-refractivity contribution < 1.29 is 28.6 Å². The van der Waals surface area contributed by atoms with Crippen LogP contribution >= 0.6 is 0 Å².